The molecule has 0 aliphatic carbocycles. The first-order valence-corrected chi connectivity index (χ1v) is 5.67. The summed E-state index contributed by atoms with van der Waals surface area (Å²) in [6.07, 6.45) is 3.02. The molecule has 0 aliphatic rings. The van der Waals surface area contributed by atoms with Crippen molar-refractivity contribution in [2.45, 2.75) is 20.3 Å². The maximum absolute atomic E-state index is 4.27. The fourth-order valence-corrected chi connectivity index (χ4v) is 2.59. The van der Waals surface area contributed by atoms with E-state index < -0.39 is 0 Å². The third kappa shape index (κ3) is 1.38. The summed E-state index contributed by atoms with van der Waals surface area (Å²) in [5.41, 5.74) is 3.85. The lowest BCUT2D eigenvalue weighted by Crippen LogP contribution is -1.94. The summed E-state index contributed by atoms with van der Waals surface area (Å²) in [7, 11) is 2.00. The number of thiophene rings is 1. The van der Waals surface area contributed by atoms with E-state index in [0.29, 0.717) is 0 Å². The molecule has 0 amide bonds. The van der Waals surface area contributed by atoms with Crippen LogP contribution in [0.4, 0.5) is 0 Å². The van der Waals surface area contributed by atoms with Gasteiger partial charge in [-0.3, -0.25) is 4.68 Å². The van der Waals surface area contributed by atoms with E-state index in [4.69, 9.17) is 0 Å². The minimum absolute atomic E-state index is 1.09. The molecule has 3 heteroatoms. The van der Waals surface area contributed by atoms with Crippen molar-refractivity contribution in [3.05, 3.63) is 28.1 Å². The molecule has 2 rings (SSSR count). The second kappa shape index (κ2) is 3.58. The van der Waals surface area contributed by atoms with Gasteiger partial charge in [0.15, 0.2) is 0 Å². The SMILES string of the molecule is CCc1sccc1-c1c(C)cnn1C. The number of aromatic nitrogens is 2. The highest BCUT2D eigenvalue weighted by Gasteiger charge is 2.11. The summed E-state index contributed by atoms with van der Waals surface area (Å²) in [6.45, 7) is 4.31. The summed E-state index contributed by atoms with van der Waals surface area (Å²) in [5.74, 6) is 0. The van der Waals surface area contributed by atoms with Crippen molar-refractivity contribution < 1.29 is 0 Å². The maximum Gasteiger partial charge on any atom is 0.0719 e. The van der Waals surface area contributed by atoms with Crippen molar-refractivity contribution in [2.75, 3.05) is 0 Å². The Morgan fingerprint density at radius 1 is 1.50 bits per heavy atom. The van der Waals surface area contributed by atoms with E-state index in [9.17, 15) is 0 Å². The molecule has 0 unspecified atom stereocenters. The van der Waals surface area contributed by atoms with Gasteiger partial charge >= 0.3 is 0 Å². The number of hydrogen-bond donors (Lipinski definition) is 0. The Hall–Kier alpha value is -1.09. The predicted molar refractivity (Wildman–Crippen MR) is 60.6 cm³/mol. The van der Waals surface area contributed by atoms with Gasteiger partial charge in [0.25, 0.3) is 0 Å². The van der Waals surface area contributed by atoms with E-state index >= 15 is 0 Å². The molecule has 0 aromatic carbocycles. The smallest absolute Gasteiger partial charge is 0.0719 e. The van der Waals surface area contributed by atoms with Crippen molar-refractivity contribution in [2.24, 2.45) is 7.05 Å². The molecule has 0 bridgehead atoms. The van der Waals surface area contributed by atoms with E-state index in [0.717, 1.165) is 6.42 Å². The minimum Gasteiger partial charge on any atom is -0.268 e. The molecule has 14 heavy (non-hydrogen) atoms. The van der Waals surface area contributed by atoms with Gasteiger partial charge in [-0.05, 0) is 30.4 Å². The summed E-state index contributed by atoms with van der Waals surface area (Å²) in [4.78, 5) is 1.44. The molecular formula is C11H14N2S. The zero-order valence-electron chi connectivity index (χ0n) is 8.74. The van der Waals surface area contributed by atoms with Crippen molar-refractivity contribution in [3.8, 4) is 11.3 Å². The summed E-state index contributed by atoms with van der Waals surface area (Å²) >= 11 is 1.82. The molecule has 0 N–H and O–H groups in total. The van der Waals surface area contributed by atoms with Crippen LogP contribution in [0, 0.1) is 6.92 Å². The Morgan fingerprint density at radius 2 is 2.29 bits per heavy atom. The first kappa shape index (κ1) is 9.46. The molecule has 2 aromatic rings. The number of nitrogens with zero attached hydrogens (tertiary/aromatic N) is 2. The Bertz CT molecular complexity index is 420. The Kier molecular flexibility index (Phi) is 2.42. The Balaban J connectivity index is 2.59. The van der Waals surface area contributed by atoms with Crippen LogP contribution in [0.5, 0.6) is 0 Å². The standard InChI is InChI=1S/C11H14N2S/c1-4-10-9(5-6-14-10)11-8(2)7-12-13(11)3/h5-7H,4H2,1-3H3. The van der Waals surface area contributed by atoms with Crippen LogP contribution in [-0.2, 0) is 13.5 Å². The summed E-state index contributed by atoms with van der Waals surface area (Å²) in [6, 6.07) is 2.19. The van der Waals surface area contributed by atoms with Gasteiger partial charge < -0.3 is 0 Å². The lowest BCUT2D eigenvalue weighted by atomic mass is 10.1. The zero-order valence-corrected chi connectivity index (χ0v) is 9.56. The average molecular weight is 206 g/mol. The molecule has 2 aromatic heterocycles. The van der Waals surface area contributed by atoms with Gasteiger partial charge in [-0.25, -0.2) is 0 Å². The van der Waals surface area contributed by atoms with Crippen molar-refractivity contribution in [1.29, 1.82) is 0 Å². The molecule has 0 fully saturated rings. The number of rotatable bonds is 2. The van der Waals surface area contributed by atoms with E-state index in [1.807, 2.05) is 29.3 Å². The molecule has 2 heterocycles. The van der Waals surface area contributed by atoms with Crippen LogP contribution in [0.2, 0.25) is 0 Å². The molecular weight excluding hydrogens is 192 g/mol. The third-order valence-corrected chi connectivity index (χ3v) is 3.51. The van der Waals surface area contributed by atoms with Gasteiger partial charge in [0.1, 0.15) is 0 Å². The van der Waals surface area contributed by atoms with Crippen LogP contribution in [0.25, 0.3) is 11.3 Å². The normalized spacial score (nSPS) is 10.8. The van der Waals surface area contributed by atoms with Gasteiger partial charge in [0.05, 0.1) is 11.9 Å². The van der Waals surface area contributed by atoms with Gasteiger partial charge in [-0.1, -0.05) is 6.92 Å². The largest absolute Gasteiger partial charge is 0.268 e. The molecule has 0 spiro atoms. The second-order valence-electron chi connectivity index (χ2n) is 3.41. The van der Waals surface area contributed by atoms with Gasteiger partial charge in [-0.15, -0.1) is 11.3 Å². The van der Waals surface area contributed by atoms with Crippen LogP contribution < -0.4 is 0 Å². The monoisotopic (exact) mass is 206 g/mol. The molecule has 0 atom stereocenters. The van der Waals surface area contributed by atoms with Crippen molar-refractivity contribution >= 4 is 11.3 Å². The lowest BCUT2D eigenvalue weighted by molar-refractivity contribution is 0.775. The molecule has 0 aliphatic heterocycles. The van der Waals surface area contributed by atoms with Crippen molar-refractivity contribution in [3.63, 3.8) is 0 Å². The van der Waals surface area contributed by atoms with Gasteiger partial charge in [-0.2, -0.15) is 5.10 Å². The predicted octanol–water partition coefficient (Wildman–Crippen LogP) is 3.02. The minimum atomic E-state index is 1.09. The quantitative estimate of drug-likeness (QED) is 0.738. The zero-order chi connectivity index (χ0) is 10.1. The molecule has 0 saturated heterocycles. The lowest BCUT2D eigenvalue weighted by Gasteiger charge is -2.03. The molecule has 0 radical (unpaired) electrons. The fourth-order valence-electron chi connectivity index (χ4n) is 1.76. The topological polar surface area (TPSA) is 17.8 Å². The van der Waals surface area contributed by atoms with E-state index in [1.54, 1.807) is 0 Å². The molecule has 2 nitrogen and oxygen atoms in total. The van der Waals surface area contributed by atoms with Crippen LogP contribution in [0.3, 0.4) is 0 Å². The number of hydrogen-bond acceptors (Lipinski definition) is 2. The van der Waals surface area contributed by atoms with Gasteiger partial charge in [0.2, 0.25) is 0 Å². The van der Waals surface area contributed by atoms with Gasteiger partial charge in [0, 0.05) is 17.5 Å². The first-order chi connectivity index (χ1) is 6.74. The Labute approximate surface area is 88.2 Å². The maximum atomic E-state index is 4.27. The van der Waals surface area contributed by atoms with E-state index in [-0.39, 0.29) is 0 Å². The first-order valence-electron chi connectivity index (χ1n) is 4.79. The second-order valence-corrected chi connectivity index (χ2v) is 4.41. The Morgan fingerprint density at radius 3 is 2.86 bits per heavy atom. The number of aryl methyl sites for hydroxylation is 3. The van der Waals surface area contributed by atoms with Crippen LogP contribution in [0.15, 0.2) is 17.6 Å². The third-order valence-electron chi connectivity index (χ3n) is 2.44. The average Bonchev–Trinajstić information content (AvgIpc) is 2.73. The van der Waals surface area contributed by atoms with Crippen LogP contribution in [0.1, 0.15) is 17.4 Å². The summed E-state index contributed by atoms with van der Waals surface area (Å²) < 4.78 is 1.95. The highest BCUT2D eigenvalue weighted by Crippen LogP contribution is 2.30. The van der Waals surface area contributed by atoms with E-state index in [2.05, 4.69) is 30.4 Å². The van der Waals surface area contributed by atoms with Crippen LogP contribution in [-0.4, -0.2) is 9.78 Å². The summed E-state index contributed by atoms with van der Waals surface area (Å²) in [5, 5.41) is 6.42. The molecule has 74 valence electrons. The highest BCUT2D eigenvalue weighted by atomic mass is 32.1. The van der Waals surface area contributed by atoms with Crippen molar-refractivity contribution in [1.82, 2.24) is 9.78 Å². The molecule has 0 saturated carbocycles. The van der Waals surface area contributed by atoms with E-state index in [1.165, 1.54) is 21.7 Å². The fraction of sp³-hybridized carbons (Fsp3) is 0.364. The van der Waals surface area contributed by atoms with Crippen LogP contribution >= 0.6 is 11.3 Å². The highest BCUT2D eigenvalue weighted by molar-refractivity contribution is 7.10.